The van der Waals surface area contributed by atoms with Gasteiger partial charge in [0, 0.05) is 12.1 Å². The number of hydrogen-bond acceptors (Lipinski definition) is 5. The highest BCUT2D eigenvalue weighted by Crippen LogP contribution is 2.28. The topological polar surface area (TPSA) is 92.3 Å². The first kappa shape index (κ1) is 21.2. The van der Waals surface area contributed by atoms with E-state index in [9.17, 15) is 20.0 Å². The number of methoxy groups -OCH3 is 1. The summed E-state index contributed by atoms with van der Waals surface area (Å²) in [6.45, 7) is 1.56. The Labute approximate surface area is 178 Å². The number of halogens is 1. The number of ketones is 1. The molecule has 0 atom stereocenters. The van der Waals surface area contributed by atoms with Gasteiger partial charge in [0.2, 0.25) is 5.88 Å². The molecule has 3 aromatic rings. The summed E-state index contributed by atoms with van der Waals surface area (Å²) in [5, 5.41) is 20.5. The number of hydrogen-bond donors (Lipinski definition) is 1. The van der Waals surface area contributed by atoms with Crippen LogP contribution in [0.5, 0.6) is 11.6 Å². The van der Waals surface area contributed by atoms with Crippen molar-refractivity contribution in [2.45, 2.75) is 19.9 Å². The molecule has 1 aromatic heterocycles. The minimum atomic E-state index is -0.642. The fraction of sp³-hybridized carbons (Fsp3) is 0.174. The summed E-state index contributed by atoms with van der Waals surface area (Å²) in [6.07, 6.45) is 0.408. The molecule has 0 saturated heterocycles. The predicted octanol–water partition coefficient (Wildman–Crippen LogP) is 3.87. The zero-order valence-corrected chi connectivity index (χ0v) is 17.2. The fourth-order valence-corrected chi connectivity index (χ4v) is 3.46. The standard InChI is InChI=1S/C23H19ClN2O4/c1-14-18(13-25)22(28)26(12-11-15-7-9-16(30-2)10-8-15)23(29)20(14)21(27)17-5-3-4-6-19(17)24/h3-10,29H,11-12H2,1-2H3. The Balaban J connectivity index is 2.06. The van der Waals surface area contributed by atoms with Crippen molar-refractivity contribution in [1.82, 2.24) is 4.57 Å². The normalized spacial score (nSPS) is 10.5. The Morgan fingerprint density at radius 2 is 1.87 bits per heavy atom. The molecular weight excluding hydrogens is 404 g/mol. The zero-order chi connectivity index (χ0) is 21.8. The summed E-state index contributed by atoms with van der Waals surface area (Å²) in [5.74, 6) is -0.325. The molecule has 1 heterocycles. The molecule has 0 aliphatic rings. The van der Waals surface area contributed by atoms with Crippen LogP contribution < -0.4 is 10.3 Å². The molecule has 152 valence electrons. The van der Waals surface area contributed by atoms with Gasteiger partial charge in [0.25, 0.3) is 5.56 Å². The van der Waals surface area contributed by atoms with Crippen molar-refractivity contribution in [2.24, 2.45) is 0 Å². The first-order chi connectivity index (χ1) is 14.4. The van der Waals surface area contributed by atoms with Gasteiger partial charge >= 0.3 is 0 Å². The molecule has 6 nitrogen and oxygen atoms in total. The predicted molar refractivity (Wildman–Crippen MR) is 113 cm³/mol. The van der Waals surface area contributed by atoms with Crippen molar-refractivity contribution < 1.29 is 14.6 Å². The minimum absolute atomic E-state index is 0.0920. The molecule has 7 heteroatoms. The van der Waals surface area contributed by atoms with Crippen LogP contribution in [0.25, 0.3) is 0 Å². The number of aryl methyl sites for hydroxylation is 1. The van der Waals surface area contributed by atoms with Gasteiger partial charge in [0.1, 0.15) is 17.4 Å². The maximum Gasteiger partial charge on any atom is 0.271 e. The highest BCUT2D eigenvalue weighted by atomic mass is 35.5. The molecule has 0 radical (unpaired) electrons. The van der Waals surface area contributed by atoms with E-state index in [4.69, 9.17) is 16.3 Å². The number of nitriles is 1. The van der Waals surface area contributed by atoms with E-state index in [0.717, 1.165) is 10.1 Å². The van der Waals surface area contributed by atoms with E-state index in [1.54, 1.807) is 37.4 Å². The van der Waals surface area contributed by atoms with Crippen molar-refractivity contribution in [3.05, 3.63) is 91.7 Å². The van der Waals surface area contributed by atoms with Crippen LogP contribution >= 0.6 is 11.6 Å². The van der Waals surface area contributed by atoms with Crippen LogP contribution in [0.1, 0.15) is 32.6 Å². The van der Waals surface area contributed by atoms with Gasteiger partial charge in [-0.25, -0.2) is 0 Å². The molecule has 3 rings (SSSR count). The number of aromatic nitrogens is 1. The van der Waals surface area contributed by atoms with Crippen LogP contribution in [0.3, 0.4) is 0 Å². The summed E-state index contributed by atoms with van der Waals surface area (Å²) in [6, 6.07) is 15.6. The monoisotopic (exact) mass is 422 g/mol. The summed E-state index contributed by atoms with van der Waals surface area (Å²) in [4.78, 5) is 25.9. The highest BCUT2D eigenvalue weighted by Gasteiger charge is 2.25. The fourth-order valence-electron chi connectivity index (χ4n) is 3.24. The average Bonchev–Trinajstić information content (AvgIpc) is 2.74. The minimum Gasteiger partial charge on any atom is -0.497 e. The van der Waals surface area contributed by atoms with E-state index < -0.39 is 17.2 Å². The lowest BCUT2D eigenvalue weighted by molar-refractivity contribution is 0.103. The lowest BCUT2D eigenvalue weighted by Crippen LogP contribution is -2.27. The SMILES string of the molecule is COc1ccc(CCn2c(O)c(C(=O)c3ccccc3Cl)c(C)c(C#N)c2=O)cc1. The van der Waals surface area contributed by atoms with E-state index in [-0.39, 0.29) is 33.8 Å². The quantitative estimate of drug-likeness (QED) is 0.609. The lowest BCUT2D eigenvalue weighted by atomic mass is 9.97. The largest absolute Gasteiger partial charge is 0.497 e. The second-order valence-electron chi connectivity index (χ2n) is 6.67. The number of aromatic hydroxyl groups is 1. The van der Waals surface area contributed by atoms with E-state index in [1.807, 2.05) is 18.2 Å². The molecule has 2 aromatic carbocycles. The third-order valence-electron chi connectivity index (χ3n) is 4.93. The molecule has 0 aliphatic heterocycles. The van der Waals surface area contributed by atoms with Gasteiger partial charge in [-0.1, -0.05) is 35.9 Å². The van der Waals surface area contributed by atoms with Crippen molar-refractivity contribution >= 4 is 17.4 Å². The van der Waals surface area contributed by atoms with Gasteiger partial charge in [-0.2, -0.15) is 5.26 Å². The molecule has 0 bridgehead atoms. The first-order valence-corrected chi connectivity index (χ1v) is 9.55. The van der Waals surface area contributed by atoms with Crippen molar-refractivity contribution in [3.8, 4) is 17.7 Å². The number of rotatable bonds is 6. The Kier molecular flexibility index (Phi) is 6.24. The molecule has 30 heavy (non-hydrogen) atoms. The van der Waals surface area contributed by atoms with Crippen LogP contribution in [0, 0.1) is 18.3 Å². The number of nitrogens with zero attached hydrogens (tertiary/aromatic N) is 2. The van der Waals surface area contributed by atoms with Gasteiger partial charge < -0.3 is 9.84 Å². The maximum atomic E-state index is 13.1. The summed E-state index contributed by atoms with van der Waals surface area (Å²) < 4.78 is 6.18. The van der Waals surface area contributed by atoms with Crippen molar-refractivity contribution in [3.63, 3.8) is 0 Å². The van der Waals surface area contributed by atoms with Crippen LogP contribution in [0.4, 0.5) is 0 Å². The van der Waals surface area contributed by atoms with Crippen LogP contribution in [0.2, 0.25) is 5.02 Å². The Morgan fingerprint density at radius 1 is 1.20 bits per heavy atom. The molecule has 0 amide bonds. The van der Waals surface area contributed by atoms with Gasteiger partial charge in [-0.05, 0) is 48.7 Å². The molecule has 0 unspecified atom stereocenters. The number of carbonyl (C=O) groups is 1. The second-order valence-corrected chi connectivity index (χ2v) is 7.08. The van der Waals surface area contributed by atoms with Gasteiger partial charge in [0.15, 0.2) is 5.78 Å². The molecular formula is C23H19ClN2O4. The molecule has 0 spiro atoms. The Hall–Kier alpha value is -3.56. The summed E-state index contributed by atoms with van der Waals surface area (Å²) >= 11 is 6.14. The van der Waals surface area contributed by atoms with Gasteiger partial charge in [-0.3, -0.25) is 14.2 Å². The summed E-state index contributed by atoms with van der Waals surface area (Å²) in [5.41, 5.74) is 0.288. The molecule has 0 saturated carbocycles. The van der Waals surface area contributed by atoms with Gasteiger partial charge in [-0.15, -0.1) is 0 Å². The van der Waals surface area contributed by atoms with Crippen LogP contribution in [-0.2, 0) is 13.0 Å². The molecule has 0 fully saturated rings. The van der Waals surface area contributed by atoms with Crippen molar-refractivity contribution in [2.75, 3.05) is 7.11 Å². The molecule has 0 aliphatic carbocycles. The third kappa shape index (κ3) is 3.93. The van der Waals surface area contributed by atoms with Crippen LogP contribution in [-0.4, -0.2) is 22.6 Å². The highest BCUT2D eigenvalue weighted by molar-refractivity contribution is 6.35. The zero-order valence-electron chi connectivity index (χ0n) is 16.5. The summed E-state index contributed by atoms with van der Waals surface area (Å²) in [7, 11) is 1.57. The van der Waals surface area contributed by atoms with E-state index in [1.165, 1.54) is 13.0 Å². The van der Waals surface area contributed by atoms with E-state index in [2.05, 4.69) is 0 Å². The van der Waals surface area contributed by atoms with Crippen molar-refractivity contribution in [1.29, 1.82) is 5.26 Å². The Morgan fingerprint density at radius 3 is 2.47 bits per heavy atom. The second kappa shape index (κ2) is 8.85. The Bertz CT molecular complexity index is 1210. The average molecular weight is 423 g/mol. The molecule has 1 N–H and O–H groups in total. The van der Waals surface area contributed by atoms with E-state index >= 15 is 0 Å². The number of pyridine rings is 1. The third-order valence-corrected chi connectivity index (χ3v) is 5.26. The maximum absolute atomic E-state index is 13.1. The lowest BCUT2D eigenvalue weighted by Gasteiger charge is -2.16. The van der Waals surface area contributed by atoms with E-state index in [0.29, 0.717) is 12.2 Å². The number of ether oxygens (including phenoxy) is 1. The van der Waals surface area contributed by atoms with Crippen LogP contribution in [0.15, 0.2) is 53.3 Å². The first-order valence-electron chi connectivity index (χ1n) is 9.17. The number of benzene rings is 2. The van der Waals surface area contributed by atoms with Gasteiger partial charge in [0.05, 0.1) is 17.7 Å². The number of carbonyl (C=O) groups excluding carboxylic acids is 1. The smallest absolute Gasteiger partial charge is 0.271 e.